The molecule has 0 N–H and O–H groups in total. The molecule has 0 saturated carbocycles. The summed E-state index contributed by atoms with van der Waals surface area (Å²) in [5.41, 5.74) is 2.34. The van der Waals surface area contributed by atoms with Crippen molar-refractivity contribution in [2.75, 3.05) is 0 Å². The molecule has 7 heteroatoms. The molecule has 1 aliphatic carbocycles. The Labute approximate surface area is 143 Å². The van der Waals surface area contributed by atoms with Crippen LogP contribution in [-0.4, -0.2) is 32.8 Å². The van der Waals surface area contributed by atoms with Crippen LogP contribution in [0, 0.1) is 12.8 Å². The van der Waals surface area contributed by atoms with E-state index < -0.39 is 23.7 Å². The van der Waals surface area contributed by atoms with E-state index in [-0.39, 0.29) is 11.1 Å². The van der Waals surface area contributed by atoms with Gasteiger partial charge in [-0.15, -0.1) is 0 Å². The highest BCUT2D eigenvalue weighted by Gasteiger charge is 2.40. The molecule has 1 atom stereocenters. The number of benzene rings is 1. The molecule has 4 rings (SSSR count). The summed E-state index contributed by atoms with van der Waals surface area (Å²) in [6.45, 7) is 1.82. The fourth-order valence-corrected chi connectivity index (χ4v) is 3.22. The lowest BCUT2D eigenvalue weighted by Crippen LogP contribution is -2.36. The first-order valence-electron chi connectivity index (χ1n) is 8.05. The van der Waals surface area contributed by atoms with Gasteiger partial charge in [0, 0.05) is 11.9 Å². The molecule has 1 aromatic heterocycles. The number of nitrogens with zero attached hydrogens (tertiary/aromatic N) is 3. The molecule has 2 heterocycles. The van der Waals surface area contributed by atoms with Crippen molar-refractivity contribution < 1.29 is 19.2 Å². The van der Waals surface area contributed by atoms with Gasteiger partial charge >= 0.3 is 5.97 Å². The van der Waals surface area contributed by atoms with Crippen molar-refractivity contribution in [1.29, 1.82) is 0 Å². The van der Waals surface area contributed by atoms with Crippen LogP contribution in [0.15, 0.2) is 30.5 Å². The van der Waals surface area contributed by atoms with Crippen LogP contribution in [0.25, 0.3) is 0 Å². The van der Waals surface area contributed by atoms with Crippen molar-refractivity contribution in [3.63, 3.8) is 0 Å². The number of aryl methyl sites for hydroxylation is 2. The normalized spacial score (nSPS) is 18.8. The summed E-state index contributed by atoms with van der Waals surface area (Å²) in [7, 11) is 0. The first-order chi connectivity index (χ1) is 12.0. The van der Waals surface area contributed by atoms with E-state index in [0.29, 0.717) is 30.2 Å². The molecule has 0 fully saturated rings. The van der Waals surface area contributed by atoms with E-state index in [9.17, 15) is 14.4 Å². The number of fused-ring (bicyclic) bond motifs is 2. The molecule has 126 valence electrons. The number of rotatable bonds is 2. The van der Waals surface area contributed by atoms with Gasteiger partial charge in [0.05, 0.1) is 17.0 Å². The summed E-state index contributed by atoms with van der Waals surface area (Å²) < 4.78 is 0. The Morgan fingerprint density at radius 3 is 2.56 bits per heavy atom. The molecule has 0 spiro atoms. The minimum Gasteiger partial charge on any atom is -0.329 e. The zero-order valence-electron chi connectivity index (χ0n) is 13.6. The van der Waals surface area contributed by atoms with E-state index in [1.165, 1.54) is 0 Å². The predicted molar refractivity (Wildman–Crippen MR) is 85.3 cm³/mol. The van der Waals surface area contributed by atoms with Gasteiger partial charge in [-0.3, -0.25) is 9.59 Å². The number of hydrogen-bond acceptors (Lipinski definition) is 6. The Bertz CT molecular complexity index is 874. The molecular weight excluding hydrogens is 322 g/mol. The van der Waals surface area contributed by atoms with Gasteiger partial charge in [-0.2, -0.15) is 0 Å². The third kappa shape index (κ3) is 2.57. The minimum atomic E-state index is -0.607. The second-order valence-electron chi connectivity index (χ2n) is 6.19. The SMILES string of the molecule is Cc1ncc2c(n1)CCC(C(=O)ON1C(=O)c3ccccc3C1=O)C2. The largest absolute Gasteiger partial charge is 0.336 e. The number of imide groups is 1. The van der Waals surface area contributed by atoms with Crippen molar-refractivity contribution in [2.45, 2.75) is 26.2 Å². The Morgan fingerprint density at radius 1 is 1.20 bits per heavy atom. The fourth-order valence-electron chi connectivity index (χ4n) is 3.22. The number of carbonyl (C=O) groups excluding carboxylic acids is 3. The van der Waals surface area contributed by atoms with Crippen LogP contribution in [0.4, 0.5) is 0 Å². The van der Waals surface area contributed by atoms with Gasteiger partial charge in [-0.1, -0.05) is 17.2 Å². The van der Waals surface area contributed by atoms with Crippen LogP contribution in [0.3, 0.4) is 0 Å². The van der Waals surface area contributed by atoms with Gasteiger partial charge in [-0.05, 0) is 43.9 Å². The lowest BCUT2D eigenvalue weighted by molar-refractivity contribution is -0.174. The highest BCUT2D eigenvalue weighted by atomic mass is 16.7. The predicted octanol–water partition coefficient (Wildman–Crippen LogP) is 1.64. The van der Waals surface area contributed by atoms with E-state index in [0.717, 1.165) is 11.3 Å². The van der Waals surface area contributed by atoms with Gasteiger partial charge in [-0.25, -0.2) is 14.8 Å². The number of amides is 2. The van der Waals surface area contributed by atoms with Gasteiger partial charge in [0.1, 0.15) is 5.82 Å². The van der Waals surface area contributed by atoms with Crippen molar-refractivity contribution >= 4 is 17.8 Å². The minimum absolute atomic E-state index is 0.248. The maximum Gasteiger partial charge on any atom is 0.336 e. The zero-order chi connectivity index (χ0) is 17.6. The molecular formula is C18H15N3O4. The van der Waals surface area contributed by atoms with Crippen molar-refractivity contribution in [2.24, 2.45) is 5.92 Å². The molecule has 0 saturated heterocycles. The molecule has 25 heavy (non-hydrogen) atoms. The molecule has 2 amide bonds. The highest BCUT2D eigenvalue weighted by molar-refractivity contribution is 6.20. The molecule has 2 aliphatic rings. The highest BCUT2D eigenvalue weighted by Crippen LogP contribution is 2.27. The number of hydroxylamine groups is 2. The van der Waals surface area contributed by atoms with Crippen LogP contribution < -0.4 is 0 Å². The first kappa shape index (κ1) is 15.4. The third-order valence-corrected chi connectivity index (χ3v) is 4.54. The maximum atomic E-state index is 12.5. The van der Waals surface area contributed by atoms with Crippen LogP contribution >= 0.6 is 0 Å². The molecule has 1 aromatic carbocycles. The summed E-state index contributed by atoms with van der Waals surface area (Å²) >= 11 is 0. The lowest BCUT2D eigenvalue weighted by Gasteiger charge is -2.23. The van der Waals surface area contributed by atoms with Crippen molar-refractivity contribution in [3.05, 3.63) is 58.7 Å². The number of carbonyl (C=O) groups is 3. The fraction of sp³-hybridized carbons (Fsp3) is 0.278. The lowest BCUT2D eigenvalue weighted by atomic mass is 9.87. The van der Waals surface area contributed by atoms with Crippen LogP contribution in [-0.2, 0) is 22.5 Å². The van der Waals surface area contributed by atoms with Crippen LogP contribution in [0.5, 0.6) is 0 Å². The smallest absolute Gasteiger partial charge is 0.329 e. The Morgan fingerprint density at radius 2 is 1.88 bits per heavy atom. The summed E-state index contributed by atoms with van der Waals surface area (Å²) in [4.78, 5) is 50.7. The summed E-state index contributed by atoms with van der Waals surface area (Å²) in [5, 5.41) is 0.564. The topological polar surface area (TPSA) is 89.5 Å². The zero-order valence-corrected chi connectivity index (χ0v) is 13.6. The summed E-state index contributed by atoms with van der Waals surface area (Å²) in [6.07, 6.45) is 3.36. The molecule has 0 bridgehead atoms. The quantitative estimate of drug-likeness (QED) is 0.774. The second kappa shape index (κ2) is 5.77. The van der Waals surface area contributed by atoms with E-state index >= 15 is 0 Å². The molecule has 0 radical (unpaired) electrons. The van der Waals surface area contributed by atoms with E-state index in [1.807, 2.05) is 6.92 Å². The Balaban J connectivity index is 1.49. The summed E-state index contributed by atoms with van der Waals surface area (Å²) in [6, 6.07) is 6.41. The van der Waals surface area contributed by atoms with E-state index in [2.05, 4.69) is 9.97 Å². The average molecular weight is 337 g/mol. The van der Waals surface area contributed by atoms with Crippen LogP contribution in [0.1, 0.15) is 44.2 Å². The summed E-state index contributed by atoms with van der Waals surface area (Å²) in [5.74, 6) is -1.53. The number of hydrogen-bond donors (Lipinski definition) is 0. The Hall–Kier alpha value is -3.09. The van der Waals surface area contributed by atoms with Crippen molar-refractivity contribution in [3.8, 4) is 0 Å². The van der Waals surface area contributed by atoms with Crippen LogP contribution in [0.2, 0.25) is 0 Å². The van der Waals surface area contributed by atoms with E-state index in [4.69, 9.17) is 4.84 Å². The first-order valence-corrected chi connectivity index (χ1v) is 8.05. The van der Waals surface area contributed by atoms with Gasteiger partial charge in [0.15, 0.2) is 0 Å². The van der Waals surface area contributed by atoms with Gasteiger partial charge in [0.2, 0.25) is 0 Å². The molecule has 7 nitrogen and oxygen atoms in total. The standard InChI is InChI=1S/C18H15N3O4/c1-10-19-9-12-8-11(6-7-15(12)20-10)18(24)25-21-16(22)13-4-2-3-5-14(13)17(21)23/h2-5,9,11H,6-8H2,1H3. The Kier molecular flexibility index (Phi) is 3.56. The molecule has 1 unspecified atom stereocenters. The molecule has 1 aliphatic heterocycles. The average Bonchev–Trinajstić information content (AvgIpc) is 2.86. The van der Waals surface area contributed by atoms with Crippen molar-refractivity contribution in [1.82, 2.24) is 15.0 Å². The molecule has 2 aromatic rings. The van der Waals surface area contributed by atoms with Gasteiger partial charge in [0.25, 0.3) is 11.8 Å². The maximum absolute atomic E-state index is 12.5. The van der Waals surface area contributed by atoms with Gasteiger partial charge < -0.3 is 4.84 Å². The van der Waals surface area contributed by atoms with E-state index in [1.54, 1.807) is 30.5 Å². The third-order valence-electron chi connectivity index (χ3n) is 4.54. The monoisotopic (exact) mass is 337 g/mol. The second-order valence-corrected chi connectivity index (χ2v) is 6.19. The number of aromatic nitrogens is 2.